The summed E-state index contributed by atoms with van der Waals surface area (Å²) < 4.78 is 0. The Balaban J connectivity index is 1.57. The zero-order valence-electron chi connectivity index (χ0n) is 9.62. The molecular weight excluding hydrogens is 188 g/mol. The molecule has 0 aromatic carbocycles. The van der Waals surface area contributed by atoms with E-state index in [9.17, 15) is 4.79 Å². The van der Waals surface area contributed by atoms with Crippen LogP contribution in [0.25, 0.3) is 0 Å². The standard InChI is InChI=1S/C12H20N2O/c1-12(2)4-8(5-12)11(15)14-6-9-3-10(7-14)13-9/h8-10,13H,3-7H2,1-2H3. The smallest absolute Gasteiger partial charge is 0.225 e. The van der Waals surface area contributed by atoms with Crippen molar-refractivity contribution in [3.8, 4) is 0 Å². The topological polar surface area (TPSA) is 32.3 Å². The molecule has 4 rings (SSSR count). The lowest BCUT2D eigenvalue weighted by Gasteiger charge is -2.51. The Kier molecular flexibility index (Phi) is 1.91. The van der Waals surface area contributed by atoms with Crippen LogP contribution in [0.2, 0.25) is 0 Å². The first-order chi connectivity index (χ1) is 7.03. The highest BCUT2D eigenvalue weighted by molar-refractivity contribution is 5.80. The van der Waals surface area contributed by atoms with Gasteiger partial charge in [0.25, 0.3) is 0 Å². The first kappa shape index (κ1) is 9.64. The molecule has 2 unspecified atom stereocenters. The van der Waals surface area contributed by atoms with Crippen LogP contribution in [0.4, 0.5) is 0 Å². The van der Waals surface area contributed by atoms with Gasteiger partial charge in [-0.15, -0.1) is 0 Å². The first-order valence-electron chi connectivity index (χ1n) is 6.08. The van der Waals surface area contributed by atoms with E-state index < -0.39 is 0 Å². The number of carbonyl (C=O) groups is 1. The fourth-order valence-corrected chi connectivity index (χ4v) is 3.40. The lowest BCUT2D eigenvalue weighted by molar-refractivity contribution is -0.146. The number of fused-ring (bicyclic) bond motifs is 2. The molecule has 0 radical (unpaired) electrons. The second-order valence-electron chi connectivity index (χ2n) is 6.31. The molecule has 1 aliphatic carbocycles. The number of piperazine rings is 1. The lowest BCUT2D eigenvalue weighted by atomic mass is 9.64. The Morgan fingerprint density at radius 3 is 2.27 bits per heavy atom. The molecule has 1 amide bonds. The molecule has 1 N–H and O–H groups in total. The van der Waals surface area contributed by atoms with Gasteiger partial charge in [-0.1, -0.05) is 13.8 Å². The molecule has 4 aliphatic rings. The van der Waals surface area contributed by atoms with Crippen molar-refractivity contribution < 1.29 is 4.79 Å². The molecule has 1 saturated carbocycles. The van der Waals surface area contributed by atoms with Crippen molar-refractivity contribution in [2.24, 2.45) is 11.3 Å². The van der Waals surface area contributed by atoms with E-state index in [-0.39, 0.29) is 0 Å². The van der Waals surface area contributed by atoms with Crippen LogP contribution in [0.5, 0.6) is 0 Å². The second kappa shape index (κ2) is 2.97. The summed E-state index contributed by atoms with van der Waals surface area (Å²) in [4.78, 5) is 14.2. The summed E-state index contributed by atoms with van der Waals surface area (Å²) >= 11 is 0. The summed E-state index contributed by atoms with van der Waals surface area (Å²) in [6.45, 7) is 6.41. The minimum Gasteiger partial charge on any atom is -0.339 e. The molecule has 3 aliphatic heterocycles. The van der Waals surface area contributed by atoms with Gasteiger partial charge in [-0.3, -0.25) is 4.79 Å². The SMILES string of the molecule is CC1(C)CC(C(=O)N2CC3CC(C2)N3)C1. The summed E-state index contributed by atoms with van der Waals surface area (Å²) in [5.41, 5.74) is 0.414. The predicted molar refractivity (Wildman–Crippen MR) is 58.4 cm³/mol. The van der Waals surface area contributed by atoms with E-state index in [1.165, 1.54) is 6.42 Å². The van der Waals surface area contributed by atoms with Crippen LogP contribution >= 0.6 is 0 Å². The molecule has 0 aromatic heterocycles. The Labute approximate surface area is 91.2 Å². The molecule has 2 bridgehead atoms. The largest absolute Gasteiger partial charge is 0.339 e. The number of hydrogen-bond donors (Lipinski definition) is 1. The van der Waals surface area contributed by atoms with Crippen molar-refractivity contribution in [2.45, 2.75) is 45.2 Å². The van der Waals surface area contributed by atoms with Gasteiger partial charge in [0.1, 0.15) is 0 Å². The molecule has 2 atom stereocenters. The van der Waals surface area contributed by atoms with Gasteiger partial charge in [-0.05, 0) is 24.7 Å². The van der Waals surface area contributed by atoms with Crippen LogP contribution in [-0.2, 0) is 4.79 Å². The molecule has 3 heteroatoms. The summed E-state index contributed by atoms with van der Waals surface area (Å²) in [5.74, 6) is 0.753. The van der Waals surface area contributed by atoms with E-state index in [1.54, 1.807) is 0 Å². The van der Waals surface area contributed by atoms with Crippen LogP contribution in [0, 0.1) is 11.3 Å². The van der Waals surface area contributed by atoms with Gasteiger partial charge in [0.2, 0.25) is 5.91 Å². The number of piperidine rings is 1. The number of carbonyl (C=O) groups excluding carboxylic acids is 1. The number of rotatable bonds is 1. The van der Waals surface area contributed by atoms with Gasteiger partial charge in [-0.2, -0.15) is 0 Å². The maximum absolute atomic E-state index is 12.1. The molecule has 0 spiro atoms. The van der Waals surface area contributed by atoms with E-state index >= 15 is 0 Å². The number of hydrogen-bond acceptors (Lipinski definition) is 2. The minimum absolute atomic E-state index is 0.331. The summed E-state index contributed by atoms with van der Waals surface area (Å²) in [6, 6.07) is 1.20. The van der Waals surface area contributed by atoms with Crippen molar-refractivity contribution in [3.05, 3.63) is 0 Å². The number of nitrogens with zero attached hydrogens (tertiary/aromatic N) is 1. The second-order valence-corrected chi connectivity index (χ2v) is 6.31. The maximum atomic E-state index is 12.1. The lowest BCUT2D eigenvalue weighted by Crippen LogP contribution is -2.68. The highest BCUT2D eigenvalue weighted by atomic mass is 16.2. The fraction of sp³-hybridized carbons (Fsp3) is 0.917. The average molecular weight is 208 g/mol. The quantitative estimate of drug-likeness (QED) is 0.697. The maximum Gasteiger partial charge on any atom is 0.225 e. The van der Waals surface area contributed by atoms with Crippen molar-refractivity contribution in [3.63, 3.8) is 0 Å². The summed E-state index contributed by atoms with van der Waals surface area (Å²) in [6.07, 6.45) is 3.45. The third kappa shape index (κ3) is 1.57. The van der Waals surface area contributed by atoms with E-state index in [4.69, 9.17) is 0 Å². The first-order valence-corrected chi connectivity index (χ1v) is 6.08. The zero-order chi connectivity index (χ0) is 10.6. The normalized spacial score (nSPS) is 38.1. The molecule has 0 aromatic rings. The Bertz CT molecular complexity index is 276. The molecule has 3 saturated heterocycles. The van der Waals surface area contributed by atoms with Crippen molar-refractivity contribution in [2.75, 3.05) is 13.1 Å². The fourth-order valence-electron chi connectivity index (χ4n) is 3.40. The van der Waals surface area contributed by atoms with E-state index in [0.717, 1.165) is 25.9 Å². The molecule has 4 fully saturated rings. The van der Waals surface area contributed by atoms with Crippen molar-refractivity contribution in [1.29, 1.82) is 0 Å². The molecule has 15 heavy (non-hydrogen) atoms. The summed E-state index contributed by atoms with van der Waals surface area (Å²) in [7, 11) is 0. The van der Waals surface area contributed by atoms with Crippen molar-refractivity contribution in [1.82, 2.24) is 10.2 Å². The van der Waals surface area contributed by atoms with Gasteiger partial charge < -0.3 is 10.2 Å². The molecule has 84 valence electrons. The molecule has 3 nitrogen and oxygen atoms in total. The zero-order valence-corrected chi connectivity index (χ0v) is 9.62. The Morgan fingerprint density at radius 1 is 1.27 bits per heavy atom. The van der Waals surface area contributed by atoms with Crippen LogP contribution < -0.4 is 5.32 Å². The Morgan fingerprint density at radius 2 is 1.80 bits per heavy atom. The molecular formula is C12H20N2O. The van der Waals surface area contributed by atoms with Crippen LogP contribution in [-0.4, -0.2) is 36.0 Å². The van der Waals surface area contributed by atoms with Gasteiger partial charge in [0.15, 0.2) is 0 Å². The van der Waals surface area contributed by atoms with Gasteiger partial charge in [0, 0.05) is 31.1 Å². The monoisotopic (exact) mass is 208 g/mol. The highest BCUT2D eigenvalue weighted by Gasteiger charge is 2.45. The third-order valence-electron chi connectivity index (χ3n) is 4.18. The third-order valence-corrected chi connectivity index (χ3v) is 4.18. The van der Waals surface area contributed by atoms with Gasteiger partial charge in [0.05, 0.1) is 0 Å². The highest BCUT2D eigenvalue weighted by Crippen LogP contribution is 2.45. The Hall–Kier alpha value is -0.570. The average Bonchev–Trinajstić information content (AvgIpc) is 2.12. The van der Waals surface area contributed by atoms with Crippen LogP contribution in [0.1, 0.15) is 33.1 Å². The van der Waals surface area contributed by atoms with Gasteiger partial charge in [-0.25, -0.2) is 0 Å². The van der Waals surface area contributed by atoms with Crippen molar-refractivity contribution >= 4 is 5.91 Å². The minimum atomic E-state index is 0.331. The van der Waals surface area contributed by atoms with Gasteiger partial charge >= 0.3 is 0 Å². The van der Waals surface area contributed by atoms with Crippen LogP contribution in [0.3, 0.4) is 0 Å². The number of nitrogens with one attached hydrogen (secondary N) is 1. The summed E-state index contributed by atoms with van der Waals surface area (Å²) in [5, 5.41) is 3.46. The van der Waals surface area contributed by atoms with E-state index in [1.807, 2.05) is 0 Å². The van der Waals surface area contributed by atoms with E-state index in [2.05, 4.69) is 24.1 Å². The predicted octanol–water partition coefficient (Wildman–Crippen LogP) is 0.995. The van der Waals surface area contributed by atoms with E-state index in [0.29, 0.717) is 29.3 Å². The van der Waals surface area contributed by atoms with Crippen LogP contribution in [0.15, 0.2) is 0 Å². The molecule has 3 heterocycles. The number of amides is 1.